The van der Waals surface area contributed by atoms with Crippen molar-refractivity contribution >= 4 is 57.2 Å². The molecule has 0 heterocycles. The van der Waals surface area contributed by atoms with Crippen LogP contribution in [0, 0.1) is 0 Å². The summed E-state index contributed by atoms with van der Waals surface area (Å²) < 4.78 is 38.8. The molecule has 1 nitrogen and oxygen atoms in total. The summed E-state index contributed by atoms with van der Waals surface area (Å²) in [7, 11) is 0. The van der Waals surface area contributed by atoms with Crippen molar-refractivity contribution in [2.75, 3.05) is 5.32 Å². The Balaban J connectivity index is 1.99. The summed E-state index contributed by atoms with van der Waals surface area (Å²) in [6, 6.07) is 10.8. The predicted molar refractivity (Wildman–Crippen MR) is 95.4 cm³/mol. The molecule has 0 unspecified atom stereocenters. The third-order valence-corrected chi connectivity index (χ3v) is 4.68. The lowest BCUT2D eigenvalue weighted by molar-refractivity contribution is -0.137. The Morgan fingerprint density at radius 1 is 1.09 bits per heavy atom. The van der Waals surface area contributed by atoms with E-state index < -0.39 is 11.7 Å². The summed E-state index contributed by atoms with van der Waals surface area (Å²) in [4.78, 5) is 0. The standard InChI is InChI=1S/C15H10Cl2F3NS2/c16-10-3-1-9(2-4-10)8-23-14(22)21-11-5-6-13(17)12(7-11)15(18,19)20/h1-7H,8H2,(H,21,22). The molecular formula is C15H10Cl2F3NS2. The van der Waals surface area contributed by atoms with E-state index in [1.165, 1.54) is 23.9 Å². The van der Waals surface area contributed by atoms with Crippen molar-refractivity contribution in [3.8, 4) is 0 Å². The van der Waals surface area contributed by atoms with Gasteiger partial charge in [-0.1, -0.05) is 59.3 Å². The number of hydrogen-bond donors (Lipinski definition) is 1. The van der Waals surface area contributed by atoms with Gasteiger partial charge in [-0.15, -0.1) is 0 Å². The fraction of sp³-hybridized carbons (Fsp3) is 0.133. The molecule has 8 heteroatoms. The number of thioether (sulfide) groups is 1. The largest absolute Gasteiger partial charge is 0.417 e. The third kappa shape index (κ3) is 5.57. The molecule has 1 N–H and O–H groups in total. The van der Waals surface area contributed by atoms with Gasteiger partial charge >= 0.3 is 6.18 Å². The first-order valence-electron chi connectivity index (χ1n) is 6.30. The van der Waals surface area contributed by atoms with Crippen LogP contribution >= 0.6 is 47.2 Å². The van der Waals surface area contributed by atoms with Gasteiger partial charge in [0.25, 0.3) is 0 Å². The molecule has 0 saturated carbocycles. The molecule has 0 bridgehead atoms. The Labute approximate surface area is 151 Å². The van der Waals surface area contributed by atoms with E-state index in [4.69, 9.17) is 35.4 Å². The van der Waals surface area contributed by atoms with Crippen LogP contribution in [0.4, 0.5) is 18.9 Å². The Hall–Kier alpha value is -0.950. The van der Waals surface area contributed by atoms with E-state index in [1.54, 1.807) is 12.1 Å². The van der Waals surface area contributed by atoms with Crippen LogP contribution in [-0.2, 0) is 11.9 Å². The number of anilines is 1. The van der Waals surface area contributed by atoms with Gasteiger partial charge in [0.15, 0.2) is 0 Å². The molecule has 0 aliphatic carbocycles. The Bertz CT molecular complexity index is 703. The fourth-order valence-electron chi connectivity index (χ4n) is 1.70. The van der Waals surface area contributed by atoms with Gasteiger partial charge in [0.05, 0.1) is 10.6 Å². The smallest absolute Gasteiger partial charge is 0.341 e. The highest BCUT2D eigenvalue weighted by Gasteiger charge is 2.33. The Morgan fingerprint density at radius 2 is 1.74 bits per heavy atom. The Kier molecular flexibility index (Phi) is 6.19. The number of hydrogen-bond acceptors (Lipinski definition) is 2. The van der Waals surface area contributed by atoms with E-state index in [1.807, 2.05) is 12.1 Å². The first-order chi connectivity index (χ1) is 10.8. The third-order valence-electron chi connectivity index (χ3n) is 2.80. The molecule has 0 atom stereocenters. The molecule has 2 aromatic carbocycles. The van der Waals surface area contributed by atoms with Gasteiger partial charge in [0.2, 0.25) is 0 Å². The molecule has 0 aliphatic heterocycles. The van der Waals surface area contributed by atoms with Crippen LogP contribution in [0.3, 0.4) is 0 Å². The minimum atomic E-state index is -4.51. The Morgan fingerprint density at radius 3 is 2.35 bits per heavy atom. The molecule has 23 heavy (non-hydrogen) atoms. The number of benzene rings is 2. The average Bonchev–Trinajstić information content (AvgIpc) is 2.47. The van der Waals surface area contributed by atoms with Crippen LogP contribution in [0.2, 0.25) is 10.0 Å². The maximum atomic E-state index is 12.8. The molecule has 122 valence electrons. The molecule has 0 radical (unpaired) electrons. The van der Waals surface area contributed by atoms with Crippen molar-refractivity contribution in [2.24, 2.45) is 0 Å². The van der Waals surface area contributed by atoms with E-state index in [0.717, 1.165) is 11.6 Å². The number of halogens is 5. The molecular weight excluding hydrogens is 386 g/mol. The second-order valence-corrected chi connectivity index (χ2v) is 7.02. The van der Waals surface area contributed by atoms with Crippen molar-refractivity contribution in [1.82, 2.24) is 0 Å². The number of thiocarbonyl (C=S) groups is 1. The van der Waals surface area contributed by atoms with Gasteiger partial charge < -0.3 is 5.32 Å². The number of nitrogens with one attached hydrogen (secondary N) is 1. The quantitative estimate of drug-likeness (QED) is 0.584. The van der Waals surface area contributed by atoms with Crippen LogP contribution in [0.15, 0.2) is 42.5 Å². The highest BCUT2D eigenvalue weighted by Crippen LogP contribution is 2.36. The zero-order chi connectivity index (χ0) is 17.0. The lowest BCUT2D eigenvalue weighted by atomic mass is 10.2. The van der Waals surface area contributed by atoms with Gasteiger partial charge in [-0.05, 0) is 35.9 Å². The molecule has 0 fully saturated rings. The molecule has 0 spiro atoms. The summed E-state index contributed by atoms with van der Waals surface area (Å²) in [6.45, 7) is 0. The van der Waals surface area contributed by atoms with Crippen LogP contribution in [0.5, 0.6) is 0 Å². The second-order valence-electron chi connectivity index (χ2n) is 4.52. The van der Waals surface area contributed by atoms with E-state index in [-0.39, 0.29) is 10.7 Å². The van der Waals surface area contributed by atoms with Crippen molar-refractivity contribution < 1.29 is 13.2 Å². The van der Waals surface area contributed by atoms with Gasteiger partial charge in [-0.3, -0.25) is 0 Å². The van der Waals surface area contributed by atoms with E-state index >= 15 is 0 Å². The summed E-state index contributed by atoms with van der Waals surface area (Å²) >= 11 is 17.8. The zero-order valence-corrected chi connectivity index (χ0v) is 14.6. The molecule has 2 rings (SSSR count). The monoisotopic (exact) mass is 395 g/mol. The second kappa shape index (κ2) is 7.75. The van der Waals surface area contributed by atoms with Gasteiger partial charge in [-0.2, -0.15) is 13.2 Å². The summed E-state index contributed by atoms with van der Waals surface area (Å²) in [5.74, 6) is 0.586. The van der Waals surface area contributed by atoms with Crippen LogP contribution in [0.1, 0.15) is 11.1 Å². The normalized spacial score (nSPS) is 11.3. The lowest BCUT2D eigenvalue weighted by Crippen LogP contribution is -2.09. The molecule has 2 aromatic rings. The van der Waals surface area contributed by atoms with Gasteiger partial charge in [0.1, 0.15) is 4.32 Å². The summed E-state index contributed by atoms with van der Waals surface area (Å²) in [5.41, 5.74) is 0.362. The SMILES string of the molecule is FC(F)(F)c1cc(NC(=S)SCc2ccc(Cl)cc2)ccc1Cl. The van der Waals surface area contributed by atoms with E-state index in [0.29, 0.717) is 15.1 Å². The topological polar surface area (TPSA) is 12.0 Å². The first kappa shape index (κ1) is 18.4. The van der Waals surface area contributed by atoms with Crippen molar-refractivity contribution in [3.05, 3.63) is 63.6 Å². The molecule has 0 aliphatic rings. The molecule has 0 aromatic heterocycles. The fourth-order valence-corrected chi connectivity index (χ4v) is 3.03. The van der Waals surface area contributed by atoms with Crippen molar-refractivity contribution in [1.29, 1.82) is 0 Å². The van der Waals surface area contributed by atoms with Crippen LogP contribution < -0.4 is 5.32 Å². The zero-order valence-electron chi connectivity index (χ0n) is 11.5. The molecule has 0 amide bonds. The van der Waals surface area contributed by atoms with Crippen molar-refractivity contribution in [2.45, 2.75) is 11.9 Å². The number of alkyl halides is 3. The summed E-state index contributed by atoms with van der Waals surface area (Å²) in [5, 5.41) is 3.07. The number of rotatable bonds is 3. The van der Waals surface area contributed by atoms with E-state index in [9.17, 15) is 13.2 Å². The van der Waals surface area contributed by atoms with Crippen molar-refractivity contribution in [3.63, 3.8) is 0 Å². The maximum Gasteiger partial charge on any atom is 0.417 e. The average molecular weight is 396 g/mol. The van der Waals surface area contributed by atoms with Gasteiger partial charge in [-0.25, -0.2) is 0 Å². The minimum absolute atomic E-state index is 0.246. The van der Waals surface area contributed by atoms with Gasteiger partial charge in [0, 0.05) is 16.5 Å². The molecule has 0 saturated heterocycles. The van der Waals surface area contributed by atoms with E-state index in [2.05, 4.69) is 5.32 Å². The highest BCUT2D eigenvalue weighted by molar-refractivity contribution is 8.22. The lowest BCUT2D eigenvalue weighted by Gasteiger charge is -2.12. The maximum absolute atomic E-state index is 12.8. The van der Waals surface area contributed by atoms with Crippen LogP contribution in [-0.4, -0.2) is 4.32 Å². The highest BCUT2D eigenvalue weighted by atomic mass is 35.5. The summed E-state index contributed by atoms with van der Waals surface area (Å²) in [6.07, 6.45) is -4.51. The predicted octanol–water partition coefficient (Wildman–Crippen LogP) is 6.64. The minimum Gasteiger partial charge on any atom is -0.341 e. The van der Waals surface area contributed by atoms with Crippen LogP contribution in [0.25, 0.3) is 0 Å². The first-order valence-corrected chi connectivity index (χ1v) is 8.45.